The maximum absolute atomic E-state index is 9.02. The van der Waals surface area contributed by atoms with Crippen molar-refractivity contribution in [2.24, 2.45) is 7.05 Å². The molecule has 1 N–H and O–H groups in total. The molecule has 0 amide bonds. The van der Waals surface area contributed by atoms with Gasteiger partial charge in [0.25, 0.3) is 0 Å². The molecule has 0 bridgehead atoms. The number of nitrogens with one attached hydrogen (secondary N) is 1. The van der Waals surface area contributed by atoms with Crippen molar-refractivity contribution in [3.8, 4) is 6.07 Å². The van der Waals surface area contributed by atoms with Crippen molar-refractivity contribution in [2.75, 3.05) is 5.32 Å². The SMILES string of the molecule is Cc1nn(C)c(NCc2cncs2)c1C#N. The van der Waals surface area contributed by atoms with Crippen LogP contribution < -0.4 is 5.32 Å². The Morgan fingerprint density at radius 3 is 3.06 bits per heavy atom. The van der Waals surface area contributed by atoms with Crippen LogP contribution in [0.15, 0.2) is 11.7 Å². The van der Waals surface area contributed by atoms with E-state index >= 15 is 0 Å². The van der Waals surface area contributed by atoms with E-state index in [9.17, 15) is 0 Å². The summed E-state index contributed by atoms with van der Waals surface area (Å²) in [6, 6.07) is 2.16. The van der Waals surface area contributed by atoms with Crippen molar-refractivity contribution < 1.29 is 0 Å². The van der Waals surface area contributed by atoms with Crippen LogP contribution in [0.1, 0.15) is 16.1 Å². The molecule has 0 aliphatic carbocycles. The van der Waals surface area contributed by atoms with E-state index in [0.717, 1.165) is 16.4 Å². The predicted octanol–water partition coefficient (Wildman–Crippen LogP) is 1.67. The lowest BCUT2D eigenvalue weighted by Crippen LogP contribution is -2.04. The highest BCUT2D eigenvalue weighted by atomic mass is 32.1. The zero-order valence-electron chi connectivity index (χ0n) is 9.06. The number of nitrogens with zero attached hydrogens (tertiary/aromatic N) is 4. The number of rotatable bonds is 3. The minimum Gasteiger partial charge on any atom is -0.364 e. The van der Waals surface area contributed by atoms with Gasteiger partial charge in [-0.25, -0.2) is 0 Å². The van der Waals surface area contributed by atoms with Crippen LogP contribution in [0.25, 0.3) is 0 Å². The normalized spacial score (nSPS) is 10.1. The number of nitriles is 1. The van der Waals surface area contributed by atoms with E-state index in [4.69, 9.17) is 5.26 Å². The van der Waals surface area contributed by atoms with Gasteiger partial charge < -0.3 is 5.32 Å². The Labute approximate surface area is 97.4 Å². The van der Waals surface area contributed by atoms with Gasteiger partial charge >= 0.3 is 0 Å². The van der Waals surface area contributed by atoms with E-state index < -0.39 is 0 Å². The second kappa shape index (κ2) is 4.33. The van der Waals surface area contributed by atoms with Crippen molar-refractivity contribution in [3.05, 3.63) is 27.8 Å². The highest BCUT2D eigenvalue weighted by Crippen LogP contribution is 2.18. The summed E-state index contributed by atoms with van der Waals surface area (Å²) in [5, 5.41) is 16.4. The van der Waals surface area contributed by atoms with Gasteiger partial charge in [0.05, 0.1) is 17.7 Å². The Bertz CT molecular complexity index is 520. The molecule has 0 saturated carbocycles. The third-order valence-corrected chi connectivity index (χ3v) is 3.03. The molecule has 6 heteroatoms. The minimum absolute atomic E-state index is 0.604. The molecule has 2 heterocycles. The molecular weight excluding hydrogens is 222 g/mol. The summed E-state index contributed by atoms with van der Waals surface area (Å²) >= 11 is 1.58. The maximum Gasteiger partial charge on any atom is 0.142 e. The summed E-state index contributed by atoms with van der Waals surface area (Å²) in [6.45, 7) is 2.49. The number of hydrogen-bond donors (Lipinski definition) is 1. The fourth-order valence-electron chi connectivity index (χ4n) is 1.50. The summed E-state index contributed by atoms with van der Waals surface area (Å²) in [5.74, 6) is 0.758. The van der Waals surface area contributed by atoms with Gasteiger partial charge in [0.1, 0.15) is 17.5 Å². The molecule has 0 unspecified atom stereocenters. The molecule has 0 radical (unpaired) electrons. The van der Waals surface area contributed by atoms with E-state index in [2.05, 4.69) is 21.5 Å². The Morgan fingerprint density at radius 1 is 1.62 bits per heavy atom. The van der Waals surface area contributed by atoms with E-state index in [0.29, 0.717) is 12.1 Å². The van der Waals surface area contributed by atoms with Crippen LogP contribution in [0.4, 0.5) is 5.82 Å². The Balaban J connectivity index is 2.19. The first-order valence-electron chi connectivity index (χ1n) is 4.77. The van der Waals surface area contributed by atoms with Crippen LogP contribution in [-0.2, 0) is 13.6 Å². The number of anilines is 1. The Hall–Kier alpha value is -1.87. The monoisotopic (exact) mass is 233 g/mol. The molecule has 2 rings (SSSR count). The van der Waals surface area contributed by atoms with Gasteiger partial charge in [0, 0.05) is 18.1 Å². The highest BCUT2D eigenvalue weighted by molar-refractivity contribution is 7.09. The Kier molecular flexibility index (Phi) is 2.88. The van der Waals surface area contributed by atoms with E-state index in [-0.39, 0.29) is 0 Å². The topological polar surface area (TPSA) is 66.5 Å². The summed E-state index contributed by atoms with van der Waals surface area (Å²) in [7, 11) is 1.82. The number of hydrogen-bond acceptors (Lipinski definition) is 5. The first-order valence-corrected chi connectivity index (χ1v) is 5.65. The van der Waals surface area contributed by atoms with Crippen molar-refractivity contribution >= 4 is 17.2 Å². The van der Waals surface area contributed by atoms with Gasteiger partial charge in [-0.2, -0.15) is 10.4 Å². The Morgan fingerprint density at radius 2 is 2.44 bits per heavy atom. The van der Waals surface area contributed by atoms with Crippen molar-refractivity contribution in [3.63, 3.8) is 0 Å². The van der Waals surface area contributed by atoms with E-state index in [1.807, 2.05) is 20.2 Å². The summed E-state index contributed by atoms with van der Waals surface area (Å²) in [6.07, 6.45) is 1.81. The van der Waals surface area contributed by atoms with Gasteiger partial charge in [-0.15, -0.1) is 11.3 Å². The van der Waals surface area contributed by atoms with Crippen molar-refractivity contribution in [1.82, 2.24) is 14.8 Å². The molecule has 5 nitrogen and oxygen atoms in total. The summed E-state index contributed by atoms with van der Waals surface area (Å²) in [4.78, 5) is 5.12. The molecule has 0 atom stereocenters. The number of aromatic nitrogens is 3. The van der Waals surface area contributed by atoms with Gasteiger partial charge in [-0.3, -0.25) is 9.67 Å². The van der Waals surface area contributed by atoms with Crippen LogP contribution >= 0.6 is 11.3 Å². The molecule has 0 fully saturated rings. The molecule has 0 aliphatic heterocycles. The number of thiazole rings is 1. The molecule has 82 valence electrons. The minimum atomic E-state index is 0.604. The first kappa shape index (κ1) is 10.6. The maximum atomic E-state index is 9.02. The lowest BCUT2D eigenvalue weighted by atomic mass is 10.2. The van der Waals surface area contributed by atoms with Gasteiger partial charge in [0.2, 0.25) is 0 Å². The largest absolute Gasteiger partial charge is 0.364 e. The standard InChI is InChI=1S/C10H11N5S/c1-7-9(3-11)10(15(2)14-7)13-5-8-4-12-6-16-8/h4,6,13H,5H2,1-2H3. The van der Waals surface area contributed by atoms with Crippen molar-refractivity contribution in [2.45, 2.75) is 13.5 Å². The fourth-order valence-corrected chi connectivity index (χ4v) is 2.03. The highest BCUT2D eigenvalue weighted by Gasteiger charge is 2.12. The average molecular weight is 233 g/mol. The second-order valence-corrected chi connectivity index (χ2v) is 4.34. The molecule has 2 aromatic rings. The first-order chi connectivity index (χ1) is 7.72. The number of aryl methyl sites for hydroxylation is 2. The van der Waals surface area contributed by atoms with E-state index in [1.165, 1.54) is 0 Å². The van der Waals surface area contributed by atoms with Gasteiger partial charge in [-0.05, 0) is 6.92 Å². The van der Waals surface area contributed by atoms with E-state index in [1.54, 1.807) is 21.5 Å². The quantitative estimate of drug-likeness (QED) is 0.875. The predicted molar refractivity (Wildman–Crippen MR) is 62.1 cm³/mol. The molecule has 16 heavy (non-hydrogen) atoms. The molecular formula is C10H11N5S. The van der Waals surface area contributed by atoms with Crippen LogP contribution in [0.3, 0.4) is 0 Å². The molecule has 2 aromatic heterocycles. The van der Waals surface area contributed by atoms with Crippen molar-refractivity contribution in [1.29, 1.82) is 5.26 Å². The summed E-state index contributed by atoms with van der Waals surface area (Å²) in [5.41, 5.74) is 3.14. The molecule has 0 aromatic carbocycles. The van der Waals surface area contributed by atoms with Crippen LogP contribution in [0.5, 0.6) is 0 Å². The third kappa shape index (κ3) is 1.90. The fraction of sp³-hybridized carbons (Fsp3) is 0.300. The lowest BCUT2D eigenvalue weighted by molar-refractivity contribution is 0.758. The van der Waals surface area contributed by atoms with Crippen LogP contribution in [0.2, 0.25) is 0 Å². The molecule has 0 spiro atoms. The lowest BCUT2D eigenvalue weighted by Gasteiger charge is -2.04. The summed E-state index contributed by atoms with van der Waals surface area (Å²) < 4.78 is 1.69. The van der Waals surface area contributed by atoms with Crippen LogP contribution in [0, 0.1) is 18.3 Å². The van der Waals surface area contributed by atoms with Crippen LogP contribution in [-0.4, -0.2) is 14.8 Å². The third-order valence-electron chi connectivity index (χ3n) is 2.25. The zero-order valence-corrected chi connectivity index (χ0v) is 9.88. The van der Waals surface area contributed by atoms with Gasteiger partial charge in [0.15, 0.2) is 0 Å². The molecule has 0 aliphatic rings. The average Bonchev–Trinajstić information content (AvgIpc) is 2.83. The second-order valence-electron chi connectivity index (χ2n) is 3.37. The smallest absolute Gasteiger partial charge is 0.142 e. The zero-order chi connectivity index (χ0) is 11.5. The molecule has 0 saturated heterocycles. The van der Waals surface area contributed by atoms with Gasteiger partial charge in [-0.1, -0.05) is 0 Å².